The van der Waals surface area contributed by atoms with Crippen molar-refractivity contribution in [1.82, 2.24) is 14.6 Å². The predicted molar refractivity (Wildman–Crippen MR) is 111 cm³/mol. The van der Waals surface area contributed by atoms with Crippen LogP contribution in [0.4, 0.5) is 0 Å². The molecular formula is C21H25N3O3S. The molecule has 0 saturated heterocycles. The minimum Gasteiger partial charge on any atom is -0.351 e. The monoisotopic (exact) mass is 399 g/mol. The number of amides is 1. The van der Waals surface area contributed by atoms with Crippen molar-refractivity contribution >= 4 is 26.8 Å². The quantitative estimate of drug-likeness (QED) is 0.636. The Morgan fingerprint density at radius 2 is 1.71 bits per heavy atom. The Morgan fingerprint density at radius 1 is 1.07 bits per heavy atom. The molecule has 0 aliphatic carbocycles. The van der Waals surface area contributed by atoms with Crippen LogP contribution in [0.1, 0.15) is 42.9 Å². The van der Waals surface area contributed by atoms with E-state index < -0.39 is 10.0 Å². The van der Waals surface area contributed by atoms with Crippen molar-refractivity contribution in [2.24, 2.45) is 0 Å². The van der Waals surface area contributed by atoms with E-state index in [2.05, 4.69) is 10.3 Å². The third kappa shape index (κ3) is 3.95. The second-order valence-electron chi connectivity index (χ2n) is 6.62. The second kappa shape index (κ2) is 8.16. The normalized spacial score (nSPS) is 13.0. The van der Waals surface area contributed by atoms with Crippen molar-refractivity contribution in [2.45, 2.75) is 31.7 Å². The largest absolute Gasteiger partial charge is 0.351 e. The Balaban J connectivity index is 1.74. The molecule has 28 heavy (non-hydrogen) atoms. The van der Waals surface area contributed by atoms with Gasteiger partial charge in [-0.15, -0.1) is 0 Å². The average molecular weight is 400 g/mol. The van der Waals surface area contributed by atoms with Gasteiger partial charge in [0.1, 0.15) is 5.69 Å². The first-order valence-electron chi connectivity index (χ1n) is 9.35. The highest BCUT2D eigenvalue weighted by atomic mass is 32.2. The van der Waals surface area contributed by atoms with Crippen LogP contribution >= 0.6 is 0 Å². The summed E-state index contributed by atoms with van der Waals surface area (Å²) in [5, 5.41) is 3.92. The minimum atomic E-state index is -3.48. The average Bonchev–Trinajstić information content (AvgIpc) is 3.13. The summed E-state index contributed by atoms with van der Waals surface area (Å²) in [6.45, 7) is 6.36. The molecule has 1 heterocycles. The molecule has 0 aliphatic rings. The van der Waals surface area contributed by atoms with E-state index >= 15 is 0 Å². The molecule has 3 rings (SSSR count). The summed E-state index contributed by atoms with van der Waals surface area (Å²) in [6, 6.07) is 15.9. The van der Waals surface area contributed by atoms with Gasteiger partial charge in [0.15, 0.2) is 0 Å². The smallest absolute Gasteiger partial charge is 0.268 e. The van der Waals surface area contributed by atoms with E-state index in [0.717, 1.165) is 16.5 Å². The fraction of sp³-hybridized carbons (Fsp3) is 0.286. The SMILES string of the molecule is CCN(CC)S(=O)(=O)c1ccc(C(C)NC(=O)c2cc3ccccc3[nH]2)cc1. The number of para-hydroxylation sites is 1. The van der Waals surface area contributed by atoms with Crippen molar-refractivity contribution in [2.75, 3.05) is 13.1 Å². The molecule has 6 nitrogen and oxygen atoms in total. The van der Waals surface area contributed by atoms with Gasteiger partial charge in [-0.25, -0.2) is 8.42 Å². The van der Waals surface area contributed by atoms with Crippen LogP contribution in [0.5, 0.6) is 0 Å². The van der Waals surface area contributed by atoms with Crippen molar-refractivity contribution < 1.29 is 13.2 Å². The molecule has 148 valence electrons. The molecule has 2 N–H and O–H groups in total. The van der Waals surface area contributed by atoms with Crippen molar-refractivity contribution in [3.8, 4) is 0 Å². The Morgan fingerprint density at radius 3 is 2.32 bits per heavy atom. The van der Waals surface area contributed by atoms with Crippen LogP contribution in [0, 0.1) is 0 Å². The number of carbonyl (C=O) groups is 1. The fourth-order valence-electron chi connectivity index (χ4n) is 3.19. The van der Waals surface area contributed by atoms with Crippen LogP contribution in [0.3, 0.4) is 0 Å². The van der Waals surface area contributed by atoms with Gasteiger partial charge in [0.2, 0.25) is 10.0 Å². The number of sulfonamides is 1. The molecule has 0 radical (unpaired) electrons. The van der Waals surface area contributed by atoms with E-state index in [4.69, 9.17) is 0 Å². The first-order chi connectivity index (χ1) is 13.4. The van der Waals surface area contributed by atoms with Gasteiger partial charge in [-0.1, -0.05) is 44.2 Å². The third-order valence-electron chi connectivity index (χ3n) is 4.85. The molecule has 0 bridgehead atoms. The molecule has 0 saturated carbocycles. The lowest BCUT2D eigenvalue weighted by Crippen LogP contribution is -2.30. The number of benzene rings is 2. The Labute approximate surface area is 165 Å². The van der Waals surface area contributed by atoms with Gasteiger partial charge in [-0.3, -0.25) is 4.79 Å². The Bertz CT molecular complexity index is 1030. The zero-order valence-corrected chi connectivity index (χ0v) is 17.1. The molecule has 2 aromatic carbocycles. The summed E-state index contributed by atoms with van der Waals surface area (Å²) in [5.74, 6) is -0.205. The Kier molecular flexibility index (Phi) is 5.86. The first kappa shape index (κ1) is 20.1. The lowest BCUT2D eigenvalue weighted by molar-refractivity contribution is 0.0935. The molecule has 1 unspecified atom stereocenters. The van der Waals surface area contributed by atoms with Crippen molar-refractivity contribution in [3.05, 3.63) is 65.9 Å². The number of nitrogens with zero attached hydrogens (tertiary/aromatic N) is 1. The summed E-state index contributed by atoms with van der Waals surface area (Å²) < 4.78 is 26.6. The minimum absolute atomic E-state index is 0.205. The second-order valence-corrected chi connectivity index (χ2v) is 8.56. The summed E-state index contributed by atoms with van der Waals surface area (Å²) in [6.07, 6.45) is 0. The van der Waals surface area contributed by atoms with E-state index in [1.54, 1.807) is 24.3 Å². The summed E-state index contributed by atoms with van der Waals surface area (Å²) in [5.41, 5.74) is 2.24. The zero-order chi connectivity index (χ0) is 20.3. The molecule has 7 heteroatoms. The lowest BCUT2D eigenvalue weighted by Gasteiger charge is -2.19. The number of rotatable bonds is 7. The maximum Gasteiger partial charge on any atom is 0.268 e. The highest BCUT2D eigenvalue weighted by Crippen LogP contribution is 2.20. The number of fused-ring (bicyclic) bond motifs is 1. The number of H-pyrrole nitrogens is 1. The van der Waals surface area contributed by atoms with Gasteiger partial charge in [0, 0.05) is 24.0 Å². The summed E-state index contributed by atoms with van der Waals surface area (Å²) in [4.78, 5) is 15.9. The van der Waals surface area contributed by atoms with Crippen LogP contribution in [0.2, 0.25) is 0 Å². The summed E-state index contributed by atoms with van der Waals surface area (Å²) >= 11 is 0. The van der Waals surface area contributed by atoms with Gasteiger partial charge < -0.3 is 10.3 Å². The molecule has 1 aromatic heterocycles. The first-order valence-corrected chi connectivity index (χ1v) is 10.8. The highest BCUT2D eigenvalue weighted by Gasteiger charge is 2.22. The number of aromatic nitrogens is 1. The maximum absolute atomic E-state index is 12.6. The van der Waals surface area contributed by atoms with Gasteiger partial charge >= 0.3 is 0 Å². The standard InChI is InChI=1S/C21H25N3O3S/c1-4-24(5-2)28(26,27)18-12-10-16(11-13-18)15(3)22-21(25)20-14-17-8-6-7-9-19(17)23-20/h6-15,23H,4-5H2,1-3H3,(H,22,25). The molecule has 1 amide bonds. The molecule has 0 fully saturated rings. The van der Waals surface area contributed by atoms with Gasteiger partial charge in [-0.05, 0) is 36.8 Å². The fourth-order valence-corrected chi connectivity index (χ4v) is 4.65. The molecule has 0 aliphatic heterocycles. The van der Waals surface area contributed by atoms with Crippen molar-refractivity contribution in [3.63, 3.8) is 0 Å². The van der Waals surface area contributed by atoms with Gasteiger partial charge in [-0.2, -0.15) is 4.31 Å². The zero-order valence-electron chi connectivity index (χ0n) is 16.3. The Hall–Kier alpha value is -2.64. The van der Waals surface area contributed by atoms with E-state index in [9.17, 15) is 13.2 Å². The van der Waals surface area contributed by atoms with E-state index in [-0.39, 0.29) is 16.8 Å². The summed E-state index contributed by atoms with van der Waals surface area (Å²) in [7, 11) is -3.48. The van der Waals surface area contributed by atoms with Crippen LogP contribution < -0.4 is 5.32 Å². The van der Waals surface area contributed by atoms with Gasteiger partial charge in [0.05, 0.1) is 10.9 Å². The van der Waals surface area contributed by atoms with Crippen molar-refractivity contribution in [1.29, 1.82) is 0 Å². The maximum atomic E-state index is 12.6. The number of carbonyl (C=O) groups excluding carboxylic acids is 1. The number of hydrogen-bond acceptors (Lipinski definition) is 3. The molecule has 3 aromatic rings. The van der Waals surface area contributed by atoms with Crippen LogP contribution in [0.15, 0.2) is 59.5 Å². The number of hydrogen-bond donors (Lipinski definition) is 2. The van der Waals surface area contributed by atoms with E-state index in [1.807, 2.05) is 51.1 Å². The van der Waals surface area contributed by atoms with E-state index in [0.29, 0.717) is 18.8 Å². The topological polar surface area (TPSA) is 82.3 Å². The molecular weight excluding hydrogens is 374 g/mol. The van der Waals surface area contributed by atoms with Crippen LogP contribution in [0.25, 0.3) is 10.9 Å². The van der Waals surface area contributed by atoms with Crippen LogP contribution in [-0.2, 0) is 10.0 Å². The third-order valence-corrected chi connectivity index (χ3v) is 6.91. The van der Waals surface area contributed by atoms with Crippen LogP contribution in [-0.4, -0.2) is 36.7 Å². The predicted octanol–water partition coefficient (Wildman–Crippen LogP) is 3.69. The number of nitrogens with one attached hydrogen (secondary N) is 2. The lowest BCUT2D eigenvalue weighted by atomic mass is 10.1. The molecule has 0 spiro atoms. The van der Waals surface area contributed by atoms with E-state index in [1.165, 1.54) is 4.31 Å². The molecule has 1 atom stereocenters. The number of aromatic amines is 1. The highest BCUT2D eigenvalue weighted by molar-refractivity contribution is 7.89. The van der Waals surface area contributed by atoms with Gasteiger partial charge in [0.25, 0.3) is 5.91 Å².